The molecular weight excluding hydrogens is 302 g/mol. The standard InChI is InChI=1S/C12H16BrNO2S/c1-8(9-3-4-10(13)17-9)11(15)14-7-12(16)5-2-6-12/h3-4,8,16H,2,5-7H2,1H3,(H,14,15). The molecule has 1 aliphatic rings. The van der Waals surface area contributed by atoms with Crippen molar-refractivity contribution in [2.24, 2.45) is 0 Å². The number of carbonyl (C=O) groups excluding carboxylic acids is 1. The summed E-state index contributed by atoms with van der Waals surface area (Å²) in [6, 6.07) is 3.90. The third-order valence-electron chi connectivity index (χ3n) is 3.29. The van der Waals surface area contributed by atoms with Gasteiger partial charge in [-0.2, -0.15) is 0 Å². The monoisotopic (exact) mass is 317 g/mol. The van der Waals surface area contributed by atoms with Gasteiger partial charge in [0, 0.05) is 11.4 Å². The van der Waals surface area contributed by atoms with Gasteiger partial charge in [-0.05, 0) is 54.2 Å². The van der Waals surface area contributed by atoms with Crippen molar-refractivity contribution >= 4 is 33.2 Å². The molecule has 1 saturated carbocycles. The maximum Gasteiger partial charge on any atom is 0.228 e. The Morgan fingerprint density at radius 2 is 2.35 bits per heavy atom. The third-order valence-corrected chi connectivity index (χ3v) is 5.10. The second kappa shape index (κ2) is 5.08. The smallest absolute Gasteiger partial charge is 0.228 e. The Labute approximate surface area is 113 Å². The number of aliphatic hydroxyl groups is 1. The Morgan fingerprint density at radius 1 is 1.65 bits per heavy atom. The highest BCUT2D eigenvalue weighted by Gasteiger charge is 2.34. The summed E-state index contributed by atoms with van der Waals surface area (Å²) >= 11 is 4.96. The lowest BCUT2D eigenvalue weighted by Crippen LogP contribution is -2.48. The predicted molar refractivity (Wildman–Crippen MR) is 72.2 cm³/mol. The minimum Gasteiger partial charge on any atom is -0.388 e. The van der Waals surface area contributed by atoms with Crippen molar-refractivity contribution in [1.29, 1.82) is 0 Å². The molecular formula is C12H16BrNO2S. The van der Waals surface area contributed by atoms with E-state index < -0.39 is 5.60 Å². The van der Waals surface area contributed by atoms with E-state index in [1.165, 1.54) is 0 Å². The van der Waals surface area contributed by atoms with Crippen LogP contribution in [-0.4, -0.2) is 23.2 Å². The highest BCUT2D eigenvalue weighted by molar-refractivity contribution is 9.11. The zero-order valence-corrected chi connectivity index (χ0v) is 12.1. The maximum absolute atomic E-state index is 11.9. The van der Waals surface area contributed by atoms with Crippen LogP contribution in [-0.2, 0) is 4.79 Å². The van der Waals surface area contributed by atoms with Gasteiger partial charge < -0.3 is 10.4 Å². The molecule has 1 aromatic rings. The number of rotatable bonds is 4. The van der Waals surface area contributed by atoms with E-state index in [0.717, 1.165) is 27.9 Å². The number of halogens is 1. The van der Waals surface area contributed by atoms with E-state index in [4.69, 9.17) is 0 Å². The molecule has 2 N–H and O–H groups in total. The molecule has 1 amide bonds. The van der Waals surface area contributed by atoms with Gasteiger partial charge in [0.15, 0.2) is 0 Å². The Hall–Kier alpha value is -0.390. The molecule has 1 aromatic heterocycles. The average Bonchev–Trinajstić information content (AvgIpc) is 2.69. The van der Waals surface area contributed by atoms with Crippen LogP contribution in [0.4, 0.5) is 0 Å². The number of carbonyl (C=O) groups is 1. The number of hydrogen-bond acceptors (Lipinski definition) is 3. The highest BCUT2D eigenvalue weighted by Crippen LogP contribution is 2.31. The summed E-state index contributed by atoms with van der Waals surface area (Å²) in [7, 11) is 0. The minimum atomic E-state index is -0.647. The first-order valence-electron chi connectivity index (χ1n) is 5.75. The zero-order valence-electron chi connectivity index (χ0n) is 9.70. The van der Waals surface area contributed by atoms with Crippen LogP contribution in [0.5, 0.6) is 0 Å². The molecule has 1 fully saturated rings. The van der Waals surface area contributed by atoms with E-state index in [-0.39, 0.29) is 11.8 Å². The van der Waals surface area contributed by atoms with Gasteiger partial charge in [-0.15, -0.1) is 11.3 Å². The fraction of sp³-hybridized carbons (Fsp3) is 0.583. The molecule has 1 unspecified atom stereocenters. The first kappa shape index (κ1) is 13.1. The van der Waals surface area contributed by atoms with Crippen LogP contribution in [0.1, 0.15) is 37.0 Å². The Bertz CT molecular complexity index is 414. The van der Waals surface area contributed by atoms with Gasteiger partial charge in [-0.25, -0.2) is 0 Å². The first-order valence-corrected chi connectivity index (χ1v) is 7.36. The van der Waals surface area contributed by atoms with Crippen molar-refractivity contribution in [3.63, 3.8) is 0 Å². The van der Waals surface area contributed by atoms with Gasteiger partial charge in [0.1, 0.15) is 0 Å². The molecule has 2 rings (SSSR count). The van der Waals surface area contributed by atoms with Crippen molar-refractivity contribution in [3.8, 4) is 0 Å². The lowest BCUT2D eigenvalue weighted by molar-refractivity contribution is -0.124. The van der Waals surface area contributed by atoms with Crippen LogP contribution in [0.25, 0.3) is 0 Å². The largest absolute Gasteiger partial charge is 0.388 e. The van der Waals surface area contributed by atoms with Crippen LogP contribution in [0.2, 0.25) is 0 Å². The predicted octanol–water partition coefficient (Wildman–Crippen LogP) is 2.65. The highest BCUT2D eigenvalue weighted by atomic mass is 79.9. The van der Waals surface area contributed by atoms with E-state index in [1.807, 2.05) is 19.1 Å². The number of amides is 1. The van der Waals surface area contributed by atoms with E-state index in [2.05, 4.69) is 21.2 Å². The summed E-state index contributed by atoms with van der Waals surface area (Å²) in [5.41, 5.74) is -0.647. The average molecular weight is 318 g/mol. The first-order chi connectivity index (χ1) is 8.00. The van der Waals surface area contributed by atoms with Crippen LogP contribution in [0, 0.1) is 0 Å². The van der Waals surface area contributed by atoms with Crippen molar-refractivity contribution in [2.45, 2.75) is 37.7 Å². The fourth-order valence-electron chi connectivity index (χ4n) is 1.86. The second-order valence-electron chi connectivity index (χ2n) is 4.66. The summed E-state index contributed by atoms with van der Waals surface area (Å²) < 4.78 is 1.03. The van der Waals surface area contributed by atoms with Crippen molar-refractivity contribution in [2.75, 3.05) is 6.54 Å². The Morgan fingerprint density at radius 3 is 2.82 bits per heavy atom. The second-order valence-corrected chi connectivity index (χ2v) is 7.15. The van der Waals surface area contributed by atoms with Crippen LogP contribution < -0.4 is 5.32 Å². The van der Waals surface area contributed by atoms with Gasteiger partial charge in [-0.3, -0.25) is 4.79 Å². The van der Waals surface area contributed by atoms with Crippen LogP contribution in [0.15, 0.2) is 15.9 Å². The van der Waals surface area contributed by atoms with Crippen molar-refractivity contribution in [3.05, 3.63) is 20.8 Å². The maximum atomic E-state index is 11.9. The molecule has 0 bridgehead atoms. The summed E-state index contributed by atoms with van der Waals surface area (Å²) in [4.78, 5) is 12.9. The number of hydrogen-bond donors (Lipinski definition) is 2. The fourth-order valence-corrected chi connectivity index (χ4v) is 3.33. The van der Waals surface area contributed by atoms with Gasteiger partial charge in [0.25, 0.3) is 0 Å². The molecule has 0 aliphatic heterocycles. The lowest BCUT2D eigenvalue weighted by Gasteiger charge is -2.36. The normalized spacial score (nSPS) is 19.5. The summed E-state index contributed by atoms with van der Waals surface area (Å²) in [6.45, 7) is 2.27. The van der Waals surface area contributed by atoms with Crippen molar-refractivity contribution in [1.82, 2.24) is 5.32 Å². The molecule has 0 saturated heterocycles. The number of nitrogens with one attached hydrogen (secondary N) is 1. The van der Waals surface area contributed by atoms with E-state index >= 15 is 0 Å². The zero-order chi connectivity index (χ0) is 12.5. The molecule has 94 valence electrons. The molecule has 0 spiro atoms. The van der Waals surface area contributed by atoms with Crippen LogP contribution in [0.3, 0.4) is 0 Å². The van der Waals surface area contributed by atoms with Gasteiger partial charge in [-0.1, -0.05) is 0 Å². The molecule has 1 atom stereocenters. The Kier molecular flexibility index (Phi) is 3.90. The minimum absolute atomic E-state index is 0.0142. The quantitative estimate of drug-likeness (QED) is 0.897. The molecule has 0 aromatic carbocycles. The SMILES string of the molecule is CC(C(=O)NCC1(O)CCC1)c1ccc(Br)s1. The van der Waals surface area contributed by atoms with E-state index in [1.54, 1.807) is 11.3 Å². The molecule has 1 heterocycles. The summed E-state index contributed by atoms with van der Waals surface area (Å²) in [5, 5.41) is 12.7. The molecule has 17 heavy (non-hydrogen) atoms. The molecule has 0 radical (unpaired) electrons. The van der Waals surface area contributed by atoms with Gasteiger partial charge in [0.05, 0.1) is 15.3 Å². The van der Waals surface area contributed by atoms with E-state index in [0.29, 0.717) is 6.54 Å². The molecule has 5 heteroatoms. The van der Waals surface area contributed by atoms with Crippen molar-refractivity contribution < 1.29 is 9.90 Å². The third kappa shape index (κ3) is 3.09. The lowest BCUT2D eigenvalue weighted by atomic mass is 9.80. The Balaban J connectivity index is 1.87. The number of thiophene rings is 1. The molecule has 3 nitrogen and oxygen atoms in total. The molecule has 1 aliphatic carbocycles. The summed E-state index contributed by atoms with van der Waals surface area (Å²) in [5.74, 6) is -0.172. The topological polar surface area (TPSA) is 49.3 Å². The van der Waals surface area contributed by atoms with E-state index in [9.17, 15) is 9.90 Å². The summed E-state index contributed by atoms with van der Waals surface area (Å²) in [6.07, 6.45) is 2.65. The van der Waals surface area contributed by atoms with Crippen LogP contribution >= 0.6 is 27.3 Å². The van der Waals surface area contributed by atoms with Gasteiger partial charge >= 0.3 is 0 Å². The van der Waals surface area contributed by atoms with Gasteiger partial charge in [0.2, 0.25) is 5.91 Å².